The fourth-order valence-electron chi connectivity index (χ4n) is 2.30. The Kier molecular flexibility index (Phi) is 6.38. The Balaban J connectivity index is 2.06. The number of anilines is 2. The van der Waals surface area contributed by atoms with E-state index in [1.165, 1.54) is 42.5 Å². The second-order valence-electron chi connectivity index (χ2n) is 5.73. The normalized spacial score (nSPS) is 11.1. The van der Waals surface area contributed by atoms with E-state index >= 15 is 0 Å². The van der Waals surface area contributed by atoms with Gasteiger partial charge < -0.3 is 10.6 Å². The zero-order valence-corrected chi connectivity index (χ0v) is 14.2. The van der Waals surface area contributed by atoms with Crippen molar-refractivity contribution >= 4 is 23.2 Å². The van der Waals surface area contributed by atoms with Crippen LogP contribution in [0, 0.1) is 0 Å². The molecule has 0 aliphatic carbocycles. The molecule has 4 nitrogen and oxygen atoms in total. The van der Waals surface area contributed by atoms with Crippen LogP contribution in [0.2, 0.25) is 0 Å². The summed E-state index contributed by atoms with van der Waals surface area (Å²) in [5, 5.41) is 4.98. The van der Waals surface area contributed by atoms with Crippen LogP contribution < -0.4 is 10.6 Å². The average Bonchev–Trinajstić information content (AvgIpc) is 2.60. The van der Waals surface area contributed by atoms with Gasteiger partial charge in [-0.1, -0.05) is 25.5 Å². The van der Waals surface area contributed by atoms with Gasteiger partial charge in [-0.05, 0) is 42.8 Å². The lowest BCUT2D eigenvalue weighted by Crippen LogP contribution is -2.16. The smallest absolute Gasteiger partial charge is 0.326 e. The quantitative estimate of drug-likeness (QED) is 0.750. The lowest BCUT2D eigenvalue weighted by Gasteiger charge is -2.13. The molecule has 0 spiro atoms. The fraction of sp³-hybridized carbons (Fsp3) is 0.263. The number of hydrogen-bond acceptors (Lipinski definition) is 2. The van der Waals surface area contributed by atoms with Crippen LogP contribution in [0.15, 0.2) is 48.5 Å². The second-order valence-corrected chi connectivity index (χ2v) is 5.73. The van der Waals surface area contributed by atoms with Gasteiger partial charge in [0.25, 0.3) is 5.91 Å². The number of carbonyl (C=O) groups is 2. The van der Waals surface area contributed by atoms with E-state index in [2.05, 4.69) is 10.6 Å². The van der Waals surface area contributed by atoms with Gasteiger partial charge >= 0.3 is 6.18 Å². The number of unbranched alkanes of at least 4 members (excludes halogenated alkanes) is 1. The third kappa shape index (κ3) is 5.34. The molecule has 2 aromatic carbocycles. The number of benzene rings is 2. The molecule has 0 saturated heterocycles. The predicted octanol–water partition coefficient (Wildman–Crippen LogP) is 5.09. The number of nitrogens with one attached hydrogen (secondary N) is 2. The maximum atomic E-state index is 13.0. The van der Waals surface area contributed by atoms with Crippen LogP contribution in [-0.4, -0.2) is 11.8 Å². The van der Waals surface area contributed by atoms with E-state index < -0.39 is 17.6 Å². The maximum absolute atomic E-state index is 13.0. The van der Waals surface area contributed by atoms with Crippen molar-refractivity contribution < 1.29 is 22.8 Å². The molecule has 0 saturated carbocycles. The highest BCUT2D eigenvalue weighted by Crippen LogP contribution is 2.34. The molecule has 138 valence electrons. The highest BCUT2D eigenvalue weighted by atomic mass is 19.4. The summed E-state index contributed by atoms with van der Waals surface area (Å²) in [5.74, 6) is -0.784. The number of alkyl halides is 3. The van der Waals surface area contributed by atoms with Crippen molar-refractivity contribution in [1.29, 1.82) is 0 Å². The topological polar surface area (TPSA) is 58.2 Å². The van der Waals surface area contributed by atoms with Crippen LogP contribution >= 0.6 is 0 Å². The summed E-state index contributed by atoms with van der Waals surface area (Å²) in [6.45, 7) is 1.98. The summed E-state index contributed by atoms with van der Waals surface area (Å²) in [7, 11) is 0. The minimum Gasteiger partial charge on any atom is -0.326 e. The van der Waals surface area contributed by atoms with Gasteiger partial charge in [0.2, 0.25) is 5.91 Å². The molecule has 2 aromatic rings. The van der Waals surface area contributed by atoms with Crippen molar-refractivity contribution in [3.63, 3.8) is 0 Å². The van der Waals surface area contributed by atoms with Gasteiger partial charge in [-0.15, -0.1) is 0 Å². The highest BCUT2D eigenvalue weighted by molar-refractivity contribution is 6.05. The van der Waals surface area contributed by atoms with Crippen LogP contribution in [0.25, 0.3) is 0 Å². The second kappa shape index (κ2) is 8.51. The molecular formula is C19H19F3N2O2. The van der Waals surface area contributed by atoms with Crippen molar-refractivity contribution in [2.45, 2.75) is 32.4 Å². The van der Waals surface area contributed by atoms with Gasteiger partial charge in [0.15, 0.2) is 0 Å². The van der Waals surface area contributed by atoms with Crippen LogP contribution in [0.4, 0.5) is 24.5 Å². The van der Waals surface area contributed by atoms with Crippen molar-refractivity contribution in [2.75, 3.05) is 10.6 Å². The number of carbonyl (C=O) groups excluding carboxylic acids is 2. The number of hydrogen-bond donors (Lipinski definition) is 2. The number of halogens is 3. The maximum Gasteiger partial charge on any atom is 0.418 e. The first-order valence-electron chi connectivity index (χ1n) is 8.18. The van der Waals surface area contributed by atoms with E-state index in [0.717, 1.165) is 18.9 Å². The van der Waals surface area contributed by atoms with Gasteiger partial charge in [-0.2, -0.15) is 13.2 Å². The van der Waals surface area contributed by atoms with Crippen molar-refractivity contribution in [2.24, 2.45) is 0 Å². The lowest BCUT2D eigenvalue weighted by atomic mass is 10.1. The Morgan fingerprint density at radius 3 is 2.23 bits per heavy atom. The highest BCUT2D eigenvalue weighted by Gasteiger charge is 2.33. The van der Waals surface area contributed by atoms with Gasteiger partial charge in [0.05, 0.1) is 11.3 Å². The first-order chi connectivity index (χ1) is 12.3. The van der Waals surface area contributed by atoms with Gasteiger partial charge in [-0.3, -0.25) is 9.59 Å². The summed E-state index contributed by atoms with van der Waals surface area (Å²) in [6, 6.07) is 10.7. The van der Waals surface area contributed by atoms with Crippen molar-refractivity contribution in [3.8, 4) is 0 Å². The molecule has 0 bridgehead atoms. The molecule has 0 fully saturated rings. The summed E-state index contributed by atoms with van der Waals surface area (Å²) in [6.07, 6.45) is -2.46. The van der Waals surface area contributed by atoms with E-state index in [4.69, 9.17) is 0 Å². The SMILES string of the molecule is CCCCC(=O)Nc1ccc(C(=O)Nc2ccccc2C(F)(F)F)cc1. The first kappa shape index (κ1) is 19.5. The summed E-state index contributed by atoms with van der Waals surface area (Å²) in [5.41, 5.74) is -0.498. The molecule has 2 N–H and O–H groups in total. The third-order valence-electron chi connectivity index (χ3n) is 3.67. The van der Waals surface area contributed by atoms with E-state index in [1.54, 1.807) is 0 Å². The zero-order chi connectivity index (χ0) is 19.2. The van der Waals surface area contributed by atoms with E-state index in [9.17, 15) is 22.8 Å². The van der Waals surface area contributed by atoms with E-state index in [-0.39, 0.29) is 17.2 Å². The molecule has 0 atom stereocenters. The first-order valence-corrected chi connectivity index (χ1v) is 8.18. The predicted molar refractivity (Wildman–Crippen MR) is 94.0 cm³/mol. The number of para-hydroxylation sites is 1. The van der Waals surface area contributed by atoms with Crippen LogP contribution in [-0.2, 0) is 11.0 Å². The molecule has 0 unspecified atom stereocenters. The average molecular weight is 364 g/mol. The minimum atomic E-state index is -4.56. The molecular weight excluding hydrogens is 345 g/mol. The monoisotopic (exact) mass is 364 g/mol. The third-order valence-corrected chi connectivity index (χ3v) is 3.67. The van der Waals surface area contributed by atoms with Crippen LogP contribution in [0.5, 0.6) is 0 Å². The molecule has 26 heavy (non-hydrogen) atoms. The van der Waals surface area contributed by atoms with Gasteiger partial charge in [-0.25, -0.2) is 0 Å². The molecule has 0 heterocycles. The molecule has 2 rings (SSSR count). The summed E-state index contributed by atoms with van der Waals surface area (Å²) >= 11 is 0. The Labute approximate surface area is 149 Å². The van der Waals surface area contributed by atoms with Gasteiger partial charge in [0, 0.05) is 17.7 Å². The fourth-order valence-corrected chi connectivity index (χ4v) is 2.30. The minimum absolute atomic E-state index is 0.122. The van der Waals surface area contributed by atoms with Crippen molar-refractivity contribution in [1.82, 2.24) is 0 Å². The molecule has 0 aliphatic rings. The Hall–Kier alpha value is -2.83. The van der Waals surface area contributed by atoms with E-state index in [0.29, 0.717) is 12.1 Å². The lowest BCUT2D eigenvalue weighted by molar-refractivity contribution is -0.136. The summed E-state index contributed by atoms with van der Waals surface area (Å²) < 4.78 is 38.9. The summed E-state index contributed by atoms with van der Waals surface area (Å²) in [4.78, 5) is 23.9. The zero-order valence-electron chi connectivity index (χ0n) is 14.2. The molecule has 7 heteroatoms. The van der Waals surface area contributed by atoms with Crippen LogP contribution in [0.3, 0.4) is 0 Å². The molecule has 0 radical (unpaired) electrons. The largest absolute Gasteiger partial charge is 0.418 e. The number of rotatable bonds is 6. The van der Waals surface area contributed by atoms with E-state index in [1.807, 2.05) is 6.92 Å². The van der Waals surface area contributed by atoms with Crippen LogP contribution in [0.1, 0.15) is 42.1 Å². The Bertz CT molecular complexity index is 771. The Morgan fingerprint density at radius 1 is 0.962 bits per heavy atom. The van der Waals surface area contributed by atoms with Gasteiger partial charge in [0.1, 0.15) is 0 Å². The molecule has 0 aromatic heterocycles. The van der Waals surface area contributed by atoms with Crippen molar-refractivity contribution in [3.05, 3.63) is 59.7 Å². The number of amides is 2. The Morgan fingerprint density at radius 2 is 1.62 bits per heavy atom. The molecule has 0 aliphatic heterocycles. The standard InChI is InChI=1S/C19H19F3N2O2/c1-2-3-8-17(25)23-14-11-9-13(10-12-14)18(26)24-16-7-5-4-6-15(16)19(20,21)22/h4-7,9-12H,2-3,8H2,1H3,(H,23,25)(H,24,26). The molecule has 2 amide bonds.